The first-order valence-corrected chi connectivity index (χ1v) is 8.64. The Morgan fingerprint density at radius 1 is 1.26 bits per heavy atom. The third kappa shape index (κ3) is 2.70. The number of rotatable bonds is 2. The number of fused-ring (bicyclic) bond motifs is 1. The fourth-order valence-electron chi connectivity index (χ4n) is 3.15. The van der Waals surface area contributed by atoms with Gasteiger partial charge in [0.1, 0.15) is 5.82 Å². The Bertz CT molecular complexity index is 826. The lowest BCUT2D eigenvalue weighted by atomic mass is 10.1. The summed E-state index contributed by atoms with van der Waals surface area (Å²) in [7, 11) is 0. The van der Waals surface area contributed by atoms with E-state index in [9.17, 15) is 0 Å². The lowest BCUT2D eigenvalue weighted by molar-refractivity contribution is -0.0752. The lowest BCUT2D eigenvalue weighted by Crippen LogP contribution is -2.52. The van der Waals surface area contributed by atoms with Crippen LogP contribution in [0.3, 0.4) is 0 Å². The molecule has 1 aliphatic heterocycles. The SMILES string of the molecule is CC1CN(c2ccc3nnc(-c4ccsc4)n3n2)CC(C)(C)O1. The van der Waals surface area contributed by atoms with Crippen molar-refractivity contribution in [3.8, 4) is 11.4 Å². The molecular formula is C16H19N5OS. The van der Waals surface area contributed by atoms with Gasteiger partial charge in [0, 0.05) is 24.0 Å². The smallest absolute Gasteiger partial charge is 0.186 e. The molecule has 1 saturated heterocycles. The molecule has 0 N–H and O–H groups in total. The van der Waals surface area contributed by atoms with Gasteiger partial charge in [-0.25, -0.2) is 0 Å². The molecule has 3 aromatic heterocycles. The summed E-state index contributed by atoms with van der Waals surface area (Å²) in [6.07, 6.45) is 0.175. The Kier molecular flexibility index (Phi) is 3.35. The Hall–Kier alpha value is -1.99. The molecule has 0 radical (unpaired) electrons. The highest BCUT2D eigenvalue weighted by Gasteiger charge is 2.32. The fraction of sp³-hybridized carbons (Fsp3) is 0.438. The van der Waals surface area contributed by atoms with Crippen molar-refractivity contribution in [2.45, 2.75) is 32.5 Å². The quantitative estimate of drug-likeness (QED) is 0.723. The highest BCUT2D eigenvalue weighted by molar-refractivity contribution is 7.08. The predicted molar refractivity (Wildman–Crippen MR) is 90.9 cm³/mol. The number of hydrogen-bond acceptors (Lipinski definition) is 6. The average Bonchev–Trinajstić information content (AvgIpc) is 3.13. The van der Waals surface area contributed by atoms with Crippen LogP contribution in [-0.4, -0.2) is 44.6 Å². The van der Waals surface area contributed by atoms with Crippen molar-refractivity contribution < 1.29 is 4.74 Å². The van der Waals surface area contributed by atoms with E-state index in [1.54, 1.807) is 11.3 Å². The molecular weight excluding hydrogens is 310 g/mol. The summed E-state index contributed by atoms with van der Waals surface area (Å²) < 4.78 is 7.80. The molecule has 120 valence electrons. The average molecular weight is 329 g/mol. The number of ether oxygens (including phenoxy) is 1. The predicted octanol–water partition coefficient (Wildman–Crippen LogP) is 2.86. The molecule has 23 heavy (non-hydrogen) atoms. The molecule has 0 amide bonds. The molecule has 0 spiro atoms. The fourth-order valence-corrected chi connectivity index (χ4v) is 3.78. The molecule has 6 nitrogen and oxygen atoms in total. The van der Waals surface area contributed by atoms with Gasteiger partial charge in [0.05, 0.1) is 11.7 Å². The van der Waals surface area contributed by atoms with Crippen LogP contribution >= 0.6 is 11.3 Å². The van der Waals surface area contributed by atoms with Gasteiger partial charge in [-0.2, -0.15) is 15.9 Å². The molecule has 0 saturated carbocycles. The van der Waals surface area contributed by atoms with Crippen molar-refractivity contribution in [3.63, 3.8) is 0 Å². The molecule has 3 aromatic rings. The van der Waals surface area contributed by atoms with Gasteiger partial charge in [-0.1, -0.05) is 0 Å². The van der Waals surface area contributed by atoms with Crippen LogP contribution in [0.15, 0.2) is 29.0 Å². The van der Waals surface area contributed by atoms with Crippen molar-refractivity contribution in [2.75, 3.05) is 18.0 Å². The second-order valence-electron chi connectivity index (χ2n) is 6.57. The second-order valence-corrected chi connectivity index (χ2v) is 7.35. The first-order chi connectivity index (χ1) is 11.0. The van der Waals surface area contributed by atoms with Crippen LogP contribution in [0.1, 0.15) is 20.8 Å². The Morgan fingerprint density at radius 3 is 2.87 bits per heavy atom. The van der Waals surface area contributed by atoms with Gasteiger partial charge in [-0.3, -0.25) is 0 Å². The minimum absolute atomic E-state index is 0.175. The molecule has 7 heteroatoms. The van der Waals surface area contributed by atoms with E-state index < -0.39 is 0 Å². The normalized spacial score (nSPS) is 21.0. The van der Waals surface area contributed by atoms with Crippen LogP contribution in [0, 0.1) is 0 Å². The van der Waals surface area contributed by atoms with Crippen LogP contribution in [0.4, 0.5) is 5.82 Å². The zero-order valence-electron chi connectivity index (χ0n) is 13.4. The molecule has 0 bridgehead atoms. The molecule has 0 aromatic carbocycles. The van der Waals surface area contributed by atoms with E-state index in [-0.39, 0.29) is 11.7 Å². The molecule has 1 aliphatic rings. The molecule has 0 aliphatic carbocycles. The molecule has 4 rings (SSSR count). The molecule has 1 unspecified atom stereocenters. The molecule has 1 fully saturated rings. The number of thiophene rings is 1. The largest absolute Gasteiger partial charge is 0.369 e. The molecule has 1 atom stereocenters. The second kappa shape index (κ2) is 5.28. The minimum Gasteiger partial charge on any atom is -0.369 e. The van der Waals surface area contributed by atoms with Crippen molar-refractivity contribution >= 4 is 22.8 Å². The maximum Gasteiger partial charge on any atom is 0.186 e. The standard InChI is InChI=1S/C16H19N5OS/c1-11-8-20(10-16(2,3)22-11)14-5-4-13-17-18-15(21(13)19-14)12-6-7-23-9-12/h4-7,9,11H,8,10H2,1-3H3. The summed E-state index contributed by atoms with van der Waals surface area (Å²) in [5, 5.41) is 17.4. The van der Waals surface area contributed by atoms with Gasteiger partial charge >= 0.3 is 0 Å². The van der Waals surface area contributed by atoms with Crippen molar-refractivity contribution in [1.29, 1.82) is 0 Å². The lowest BCUT2D eigenvalue weighted by Gasteiger charge is -2.42. The van der Waals surface area contributed by atoms with E-state index in [1.165, 1.54) is 0 Å². The number of nitrogens with zero attached hydrogens (tertiary/aromatic N) is 5. The first kappa shape index (κ1) is 14.6. The number of anilines is 1. The monoisotopic (exact) mass is 329 g/mol. The van der Waals surface area contributed by atoms with E-state index in [4.69, 9.17) is 9.84 Å². The van der Waals surface area contributed by atoms with Gasteiger partial charge in [-0.15, -0.1) is 15.3 Å². The van der Waals surface area contributed by atoms with Gasteiger partial charge in [0.25, 0.3) is 0 Å². The topological polar surface area (TPSA) is 55.6 Å². The van der Waals surface area contributed by atoms with E-state index >= 15 is 0 Å². The zero-order valence-corrected chi connectivity index (χ0v) is 14.2. The van der Waals surface area contributed by atoms with Gasteiger partial charge in [0.15, 0.2) is 11.5 Å². The van der Waals surface area contributed by atoms with Gasteiger partial charge in [0.2, 0.25) is 0 Å². The van der Waals surface area contributed by atoms with Gasteiger partial charge in [-0.05, 0) is 44.4 Å². The van der Waals surface area contributed by atoms with E-state index in [0.717, 1.165) is 35.9 Å². The third-order valence-corrected chi connectivity index (χ3v) is 4.60. The Balaban J connectivity index is 1.75. The van der Waals surface area contributed by atoms with E-state index in [2.05, 4.69) is 41.2 Å². The van der Waals surface area contributed by atoms with Crippen LogP contribution in [0.5, 0.6) is 0 Å². The maximum absolute atomic E-state index is 5.98. The Morgan fingerprint density at radius 2 is 2.13 bits per heavy atom. The molecule has 4 heterocycles. The zero-order chi connectivity index (χ0) is 16.0. The summed E-state index contributed by atoms with van der Waals surface area (Å²) in [6.45, 7) is 7.97. The van der Waals surface area contributed by atoms with E-state index in [1.807, 2.05) is 28.1 Å². The van der Waals surface area contributed by atoms with Crippen LogP contribution in [-0.2, 0) is 4.74 Å². The third-order valence-electron chi connectivity index (χ3n) is 3.92. The highest BCUT2D eigenvalue weighted by atomic mass is 32.1. The number of morpholine rings is 1. The minimum atomic E-state index is -0.183. The Labute approximate surface area is 138 Å². The maximum atomic E-state index is 5.98. The van der Waals surface area contributed by atoms with Crippen LogP contribution in [0.2, 0.25) is 0 Å². The van der Waals surface area contributed by atoms with E-state index in [0.29, 0.717) is 0 Å². The summed E-state index contributed by atoms with van der Waals surface area (Å²) in [4.78, 5) is 2.27. The summed E-state index contributed by atoms with van der Waals surface area (Å²) in [5.41, 5.74) is 1.62. The summed E-state index contributed by atoms with van der Waals surface area (Å²) >= 11 is 1.64. The van der Waals surface area contributed by atoms with Crippen molar-refractivity contribution in [1.82, 2.24) is 19.8 Å². The van der Waals surface area contributed by atoms with Crippen LogP contribution in [0.25, 0.3) is 17.0 Å². The number of hydrogen-bond donors (Lipinski definition) is 0. The summed E-state index contributed by atoms with van der Waals surface area (Å²) in [6, 6.07) is 6.02. The van der Waals surface area contributed by atoms with Crippen molar-refractivity contribution in [2.24, 2.45) is 0 Å². The first-order valence-electron chi connectivity index (χ1n) is 7.70. The number of aromatic nitrogens is 4. The summed E-state index contributed by atoms with van der Waals surface area (Å²) in [5.74, 6) is 1.71. The van der Waals surface area contributed by atoms with Crippen molar-refractivity contribution in [3.05, 3.63) is 29.0 Å². The van der Waals surface area contributed by atoms with Gasteiger partial charge < -0.3 is 9.64 Å². The van der Waals surface area contributed by atoms with Crippen LogP contribution < -0.4 is 4.90 Å². The highest BCUT2D eigenvalue weighted by Crippen LogP contribution is 2.26.